The molecule has 2 nitrogen and oxygen atoms in total. The summed E-state index contributed by atoms with van der Waals surface area (Å²) in [5.41, 5.74) is 3.74. The van der Waals surface area contributed by atoms with Crippen LogP contribution in [0.4, 0.5) is 4.39 Å². The third-order valence-electron chi connectivity index (χ3n) is 3.42. The second kappa shape index (κ2) is 6.23. The molecule has 108 valence electrons. The third kappa shape index (κ3) is 3.16. The minimum atomic E-state index is -0.236. The molecule has 5 heteroatoms. The van der Waals surface area contributed by atoms with E-state index >= 15 is 0 Å². The van der Waals surface area contributed by atoms with Crippen molar-refractivity contribution in [2.75, 3.05) is 0 Å². The zero-order valence-electron chi connectivity index (χ0n) is 11.1. The number of fused-ring (bicyclic) bond motifs is 1. The summed E-state index contributed by atoms with van der Waals surface area (Å²) in [6.07, 6.45) is 0.627. The molecule has 0 bridgehead atoms. The monoisotopic (exact) mass is 364 g/mol. The summed E-state index contributed by atoms with van der Waals surface area (Å²) >= 11 is 5.17. The van der Waals surface area contributed by atoms with Crippen molar-refractivity contribution in [3.05, 3.63) is 69.3 Å². The van der Waals surface area contributed by atoms with Crippen molar-refractivity contribution in [2.24, 2.45) is 5.84 Å². The summed E-state index contributed by atoms with van der Waals surface area (Å²) in [5, 5.41) is 1.20. The van der Waals surface area contributed by atoms with E-state index in [1.54, 1.807) is 23.5 Å². The van der Waals surface area contributed by atoms with E-state index in [1.807, 2.05) is 12.1 Å². The largest absolute Gasteiger partial charge is 0.271 e. The molecule has 0 fully saturated rings. The van der Waals surface area contributed by atoms with Crippen LogP contribution >= 0.6 is 27.3 Å². The summed E-state index contributed by atoms with van der Waals surface area (Å²) in [7, 11) is 0. The zero-order valence-corrected chi connectivity index (χ0v) is 13.5. The number of nitrogens with two attached hydrogens (primary N) is 1. The molecular weight excluding hydrogens is 351 g/mol. The van der Waals surface area contributed by atoms with Crippen molar-refractivity contribution >= 4 is 37.4 Å². The van der Waals surface area contributed by atoms with Crippen LogP contribution in [0.2, 0.25) is 0 Å². The van der Waals surface area contributed by atoms with Crippen molar-refractivity contribution in [3.8, 4) is 0 Å². The number of hydrogen-bond donors (Lipinski definition) is 2. The molecule has 0 saturated heterocycles. The van der Waals surface area contributed by atoms with Gasteiger partial charge in [-0.3, -0.25) is 11.3 Å². The standard InChI is InChI=1S/C16H14BrFN2S/c17-13-6-5-12(18)7-11(13)8-14(20-19)16-9-10-3-1-2-4-15(10)21-16/h1-7,9,14,20H,8,19H2. The van der Waals surface area contributed by atoms with Crippen LogP contribution in [0.15, 0.2) is 53.0 Å². The first kappa shape index (κ1) is 14.7. The summed E-state index contributed by atoms with van der Waals surface area (Å²) in [6, 6.07) is 15.0. The Kier molecular flexibility index (Phi) is 4.35. The van der Waals surface area contributed by atoms with Crippen LogP contribution in [0.3, 0.4) is 0 Å². The van der Waals surface area contributed by atoms with Crippen LogP contribution in [0, 0.1) is 5.82 Å². The van der Waals surface area contributed by atoms with Crippen molar-refractivity contribution in [1.82, 2.24) is 5.43 Å². The fraction of sp³-hybridized carbons (Fsp3) is 0.125. The summed E-state index contributed by atoms with van der Waals surface area (Å²) in [5.74, 6) is 5.47. The summed E-state index contributed by atoms with van der Waals surface area (Å²) in [4.78, 5) is 1.15. The van der Waals surface area contributed by atoms with Crippen LogP contribution < -0.4 is 11.3 Å². The molecule has 1 heterocycles. The van der Waals surface area contributed by atoms with Gasteiger partial charge in [-0.1, -0.05) is 34.1 Å². The Bertz CT molecular complexity index is 739. The van der Waals surface area contributed by atoms with Gasteiger partial charge in [0, 0.05) is 14.0 Å². The van der Waals surface area contributed by atoms with E-state index in [2.05, 4.69) is 39.6 Å². The van der Waals surface area contributed by atoms with Crippen molar-refractivity contribution in [2.45, 2.75) is 12.5 Å². The van der Waals surface area contributed by atoms with Crippen LogP contribution in [0.25, 0.3) is 10.1 Å². The predicted molar refractivity (Wildman–Crippen MR) is 89.7 cm³/mol. The first-order chi connectivity index (χ1) is 10.2. The van der Waals surface area contributed by atoms with E-state index in [9.17, 15) is 4.39 Å². The maximum atomic E-state index is 13.4. The Morgan fingerprint density at radius 2 is 2.00 bits per heavy atom. The topological polar surface area (TPSA) is 38.0 Å². The number of hydrazine groups is 1. The maximum Gasteiger partial charge on any atom is 0.123 e. The highest BCUT2D eigenvalue weighted by molar-refractivity contribution is 9.10. The lowest BCUT2D eigenvalue weighted by atomic mass is 10.0. The lowest BCUT2D eigenvalue weighted by Gasteiger charge is -2.15. The molecule has 0 radical (unpaired) electrons. The van der Waals surface area contributed by atoms with Crippen LogP contribution in [-0.4, -0.2) is 0 Å². The number of halogens is 2. The molecule has 2 aromatic carbocycles. The molecule has 1 aromatic heterocycles. The first-order valence-corrected chi connectivity index (χ1v) is 8.17. The molecule has 3 aromatic rings. The number of thiophene rings is 1. The van der Waals surface area contributed by atoms with Gasteiger partial charge in [0.25, 0.3) is 0 Å². The molecular formula is C16H14BrFN2S. The van der Waals surface area contributed by atoms with Gasteiger partial charge in [-0.05, 0) is 47.7 Å². The minimum Gasteiger partial charge on any atom is -0.271 e. The predicted octanol–water partition coefficient (Wildman–Crippen LogP) is 4.55. The quantitative estimate of drug-likeness (QED) is 0.526. The normalized spacial score (nSPS) is 12.7. The molecule has 0 saturated carbocycles. The first-order valence-electron chi connectivity index (χ1n) is 6.56. The molecule has 1 unspecified atom stereocenters. The van der Waals surface area contributed by atoms with Crippen molar-refractivity contribution in [3.63, 3.8) is 0 Å². The van der Waals surface area contributed by atoms with Crippen molar-refractivity contribution < 1.29 is 4.39 Å². The van der Waals surface area contributed by atoms with Gasteiger partial charge >= 0.3 is 0 Å². The molecule has 0 aliphatic heterocycles. The molecule has 3 N–H and O–H groups in total. The Hall–Kier alpha value is -1.27. The molecule has 0 aliphatic carbocycles. The number of hydrogen-bond acceptors (Lipinski definition) is 3. The molecule has 0 aliphatic rings. The Morgan fingerprint density at radius 3 is 2.76 bits per heavy atom. The maximum absolute atomic E-state index is 13.4. The van der Waals surface area contributed by atoms with E-state index in [0.717, 1.165) is 14.9 Å². The average molecular weight is 365 g/mol. The Morgan fingerprint density at radius 1 is 1.19 bits per heavy atom. The van der Waals surface area contributed by atoms with Gasteiger partial charge in [0.1, 0.15) is 5.82 Å². The fourth-order valence-electron chi connectivity index (χ4n) is 2.34. The van der Waals surface area contributed by atoms with E-state index in [4.69, 9.17) is 5.84 Å². The van der Waals surface area contributed by atoms with Gasteiger partial charge in [-0.15, -0.1) is 11.3 Å². The molecule has 21 heavy (non-hydrogen) atoms. The lowest BCUT2D eigenvalue weighted by molar-refractivity contribution is 0.556. The van der Waals surface area contributed by atoms with Crippen LogP contribution in [0.1, 0.15) is 16.5 Å². The van der Waals surface area contributed by atoms with Crippen molar-refractivity contribution in [1.29, 1.82) is 0 Å². The van der Waals surface area contributed by atoms with Gasteiger partial charge in [-0.25, -0.2) is 4.39 Å². The van der Waals surface area contributed by atoms with Gasteiger partial charge in [0.15, 0.2) is 0 Å². The highest BCUT2D eigenvalue weighted by Crippen LogP contribution is 2.32. The Labute approximate surface area is 134 Å². The Balaban J connectivity index is 1.92. The second-order valence-electron chi connectivity index (χ2n) is 4.85. The zero-order chi connectivity index (χ0) is 14.8. The SMILES string of the molecule is NNC(Cc1cc(F)ccc1Br)c1cc2ccccc2s1. The smallest absolute Gasteiger partial charge is 0.123 e. The van der Waals surface area contributed by atoms with Gasteiger partial charge in [-0.2, -0.15) is 0 Å². The van der Waals surface area contributed by atoms with Gasteiger partial charge < -0.3 is 0 Å². The number of rotatable bonds is 4. The molecule has 0 amide bonds. The van der Waals surface area contributed by atoms with E-state index in [-0.39, 0.29) is 11.9 Å². The van der Waals surface area contributed by atoms with Gasteiger partial charge in [0.2, 0.25) is 0 Å². The second-order valence-corrected chi connectivity index (χ2v) is 6.82. The number of nitrogens with one attached hydrogen (secondary N) is 1. The van der Waals surface area contributed by atoms with E-state index in [0.29, 0.717) is 6.42 Å². The van der Waals surface area contributed by atoms with E-state index < -0.39 is 0 Å². The van der Waals surface area contributed by atoms with Gasteiger partial charge in [0.05, 0.1) is 6.04 Å². The highest BCUT2D eigenvalue weighted by atomic mass is 79.9. The van der Waals surface area contributed by atoms with Crippen LogP contribution in [-0.2, 0) is 6.42 Å². The summed E-state index contributed by atoms with van der Waals surface area (Å²) < 4.78 is 15.5. The summed E-state index contributed by atoms with van der Waals surface area (Å²) in [6.45, 7) is 0. The molecule has 3 rings (SSSR count). The fourth-order valence-corrected chi connectivity index (χ4v) is 3.87. The molecule has 1 atom stereocenters. The molecule has 0 spiro atoms. The van der Waals surface area contributed by atoms with Crippen LogP contribution in [0.5, 0.6) is 0 Å². The minimum absolute atomic E-state index is 0.0412. The number of benzene rings is 2. The third-order valence-corrected chi connectivity index (χ3v) is 5.42. The lowest BCUT2D eigenvalue weighted by Crippen LogP contribution is -2.29. The highest BCUT2D eigenvalue weighted by Gasteiger charge is 2.15. The average Bonchev–Trinajstić information content (AvgIpc) is 2.91. The van der Waals surface area contributed by atoms with E-state index in [1.165, 1.54) is 16.2 Å².